The Morgan fingerprint density at radius 1 is 0.857 bits per heavy atom. The topological polar surface area (TPSA) is 58.2 Å². The normalized spacial score (nSPS) is 16.0. The Morgan fingerprint density at radius 3 is 2.46 bits per heavy atom. The number of nitrogens with one attached hydrogen (secondary N) is 2. The first-order chi connectivity index (χ1) is 13.6. The van der Waals surface area contributed by atoms with Gasteiger partial charge in [0.1, 0.15) is 6.04 Å². The van der Waals surface area contributed by atoms with Crippen LogP contribution < -0.4 is 10.6 Å². The van der Waals surface area contributed by atoms with Gasteiger partial charge in [0.25, 0.3) is 5.91 Å². The minimum absolute atomic E-state index is 0.214. The smallest absolute Gasteiger partial charge is 0.254 e. The molecule has 1 atom stereocenters. The number of hydrogen-bond acceptors (Lipinski definition) is 2. The summed E-state index contributed by atoms with van der Waals surface area (Å²) in [5, 5.41) is 6.10. The van der Waals surface area contributed by atoms with Gasteiger partial charge in [-0.2, -0.15) is 0 Å². The summed E-state index contributed by atoms with van der Waals surface area (Å²) >= 11 is 5.98. The highest BCUT2D eigenvalue weighted by Crippen LogP contribution is 2.24. The van der Waals surface area contributed by atoms with Crippen molar-refractivity contribution in [1.29, 1.82) is 0 Å². The molecule has 1 heterocycles. The van der Waals surface area contributed by atoms with Crippen LogP contribution in [0.5, 0.6) is 0 Å². The molecule has 140 valence electrons. The first-order valence-corrected chi connectivity index (χ1v) is 9.53. The third kappa shape index (κ3) is 3.92. The van der Waals surface area contributed by atoms with E-state index in [1.165, 1.54) is 0 Å². The van der Waals surface area contributed by atoms with E-state index >= 15 is 0 Å². The number of fused-ring (bicyclic) bond motifs is 1. The predicted octanol–water partition coefficient (Wildman–Crippen LogP) is 4.69. The lowest BCUT2D eigenvalue weighted by atomic mass is 9.99. The summed E-state index contributed by atoms with van der Waals surface area (Å²) in [4.78, 5) is 25.1. The summed E-state index contributed by atoms with van der Waals surface area (Å²) in [5.74, 6) is -0.507. The molecule has 2 N–H and O–H groups in total. The van der Waals surface area contributed by atoms with E-state index in [1.807, 2.05) is 30.3 Å². The van der Waals surface area contributed by atoms with Crippen molar-refractivity contribution in [3.8, 4) is 11.1 Å². The average molecular weight is 391 g/mol. The molecule has 0 aromatic heterocycles. The number of halogens is 1. The monoisotopic (exact) mass is 390 g/mol. The quantitative estimate of drug-likeness (QED) is 0.679. The molecule has 0 saturated heterocycles. The van der Waals surface area contributed by atoms with Gasteiger partial charge in [-0.25, -0.2) is 0 Å². The Hall–Kier alpha value is -3.11. The lowest BCUT2D eigenvalue weighted by Crippen LogP contribution is -2.41. The second kappa shape index (κ2) is 7.87. The molecule has 1 aliphatic rings. The number of anilines is 1. The van der Waals surface area contributed by atoms with E-state index in [2.05, 4.69) is 34.9 Å². The summed E-state index contributed by atoms with van der Waals surface area (Å²) < 4.78 is 0. The number of carbonyl (C=O) groups is 2. The standard InChI is InChI=1S/C23H19ClN2O2/c24-18-10-12-20-19(14-18)22(27)26-21(23(28)25-20)11-9-15-5-4-8-17(13-15)16-6-2-1-3-7-16/h1-8,10,12-14,21H,9,11H2,(H,25,28)(H,26,27). The van der Waals surface area contributed by atoms with E-state index in [9.17, 15) is 9.59 Å². The number of rotatable bonds is 4. The summed E-state index contributed by atoms with van der Waals surface area (Å²) in [7, 11) is 0. The molecule has 5 heteroatoms. The summed E-state index contributed by atoms with van der Waals surface area (Å²) in [5.41, 5.74) is 4.27. The van der Waals surface area contributed by atoms with Gasteiger partial charge < -0.3 is 10.6 Å². The second-order valence-electron chi connectivity index (χ2n) is 6.81. The Labute approximate surface area is 168 Å². The van der Waals surface area contributed by atoms with Crippen molar-refractivity contribution in [2.75, 3.05) is 5.32 Å². The van der Waals surface area contributed by atoms with Gasteiger partial charge in [0.2, 0.25) is 5.91 Å². The van der Waals surface area contributed by atoms with Crippen LogP contribution in [0.2, 0.25) is 5.02 Å². The molecular weight excluding hydrogens is 372 g/mol. The van der Waals surface area contributed by atoms with Crippen LogP contribution in [0.4, 0.5) is 5.69 Å². The minimum Gasteiger partial charge on any atom is -0.340 e. The third-order valence-electron chi connectivity index (χ3n) is 4.86. The molecule has 3 aromatic rings. The van der Waals surface area contributed by atoms with Crippen LogP contribution in [-0.4, -0.2) is 17.9 Å². The predicted molar refractivity (Wildman–Crippen MR) is 112 cm³/mol. The molecule has 0 fully saturated rings. The molecule has 3 aromatic carbocycles. The Morgan fingerprint density at radius 2 is 1.64 bits per heavy atom. The number of carbonyl (C=O) groups excluding carboxylic acids is 2. The maximum absolute atomic E-state index is 12.6. The van der Waals surface area contributed by atoms with Crippen molar-refractivity contribution in [2.45, 2.75) is 18.9 Å². The van der Waals surface area contributed by atoms with Crippen molar-refractivity contribution < 1.29 is 9.59 Å². The number of benzene rings is 3. The molecule has 0 spiro atoms. The van der Waals surface area contributed by atoms with Crippen LogP contribution in [0.25, 0.3) is 11.1 Å². The van der Waals surface area contributed by atoms with Crippen molar-refractivity contribution in [1.82, 2.24) is 5.32 Å². The van der Waals surface area contributed by atoms with Crippen LogP contribution in [-0.2, 0) is 11.2 Å². The van der Waals surface area contributed by atoms with E-state index < -0.39 is 6.04 Å². The van der Waals surface area contributed by atoms with Gasteiger partial charge in [0.05, 0.1) is 11.3 Å². The molecule has 0 saturated carbocycles. The first-order valence-electron chi connectivity index (χ1n) is 9.16. The highest BCUT2D eigenvalue weighted by molar-refractivity contribution is 6.31. The Bertz CT molecular complexity index is 1030. The molecule has 4 rings (SSSR count). The maximum Gasteiger partial charge on any atom is 0.254 e. The highest BCUT2D eigenvalue weighted by Gasteiger charge is 2.27. The van der Waals surface area contributed by atoms with Gasteiger partial charge in [0, 0.05) is 5.02 Å². The van der Waals surface area contributed by atoms with Crippen LogP contribution >= 0.6 is 11.6 Å². The third-order valence-corrected chi connectivity index (χ3v) is 5.10. The van der Waals surface area contributed by atoms with Crippen LogP contribution in [0.3, 0.4) is 0 Å². The highest BCUT2D eigenvalue weighted by atomic mass is 35.5. The second-order valence-corrected chi connectivity index (χ2v) is 7.25. The first kappa shape index (κ1) is 18.3. The van der Waals surface area contributed by atoms with E-state index in [4.69, 9.17) is 11.6 Å². The number of amides is 2. The molecule has 28 heavy (non-hydrogen) atoms. The van der Waals surface area contributed by atoms with E-state index in [-0.39, 0.29) is 11.8 Å². The lowest BCUT2D eigenvalue weighted by Gasteiger charge is -2.15. The van der Waals surface area contributed by atoms with Crippen molar-refractivity contribution >= 4 is 29.1 Å². The van der Waals surface area contributed by atoms with Gasteiger partial charge in [-0.05, 0) is 47.7 Å². The van der Waals surface area contributed by atoms with Gasteiger partial charge in [-0.1, -0.05) is 66.2 Å². The molecule has 0 aliphatic carbocycles. The molecule has 0 radical (unpaired) electrons. The number of aryl methyl sites for hydroxylation is 1. The zero-order valence-electron chi connectivity index (χ0n) is 15.1. The molecule has 0 bridgehead atoms. The Kier molecular flexibility index (Phi) is 5.13. The SMILES string of the molecule is O=C1NC(CCc2cccc(-c3ccccc3)c2)C(=O)Nc2ccc(Cl)cc21. The van der Waals surface area contributed by atoms with E-state index in [1.54, 1.807) is 18.2 Å². The zero-order chi connectivity index (χ0) is 19.5. The van der Waals surface area contributed by atoms with Crippen molar-refractivity contribution in [2.24, 2.45) is 0 Å². The van der Waals surface area contributed by atoms with Gasteiger partial charge in [0.15, 0.2) is 0 Å². The summed E-state index contributed by atoms with van der Waals surface area (Å²) in [6.45, 7) is 0. The lowest BCUT2D eigenvalue weighted by molar-refractivity contribution is -0.118. The minimum atomic E-state index is -0.598. The van der Waals surface area contributed by atoms with Gasteiger partial charge >= 0.3 is 0 Å². The molecule has 1 unspecified atom stereocenters. The van der Waals surface area contributed by atoms with Crippen LogP contribution in [0.15, 0.2) is 72.8 Å². The van der Waals surface area contributed by atoms with Gasteiger partial charge in [-0.15, -0.1) is 0 Å². The molecular formula is C23H19ClN2O2. The van der Waals surface area contributed by atoms with Crippen molar-refractivity contribution in [3.63, 3.8) is 0 Å². The summed E-state index contributed by atoms with van der Waals surface area (Å²) in [6, 6.07) is 22.7. The molecule has 4 nitrogen and oxygen atoms in total. The largest absolute Gasteiger partial charge is 0.340 e. The maximum atomic E-state index is 12.6. The van der Waals surface area contributed by atoms with Crippen LogP contribution in [0, 0.1) is 0 Å². The Balaban J connectivity index is 1.48. The van der Waals surface area contributed by atoms with Crippen LogP contribution in [0.1, 0.15) is 22.3 Å². The zero-order valence-corrected chi connectivity index (χ0v) is 15.9. The van der Waals surface area contributed by atoms with E-state index in [0.29, 0.717) is 29.1 Å². The van der Waals surface area contributed by atoms with E-state index in [0.717, 1.165) is 16.7 Å². The fourth-order valence-corrected chi connectivity index (χ4v) is 3.56. The van der Waals surface area contributed by atoms with Gasteiger partial charge in [-0.3, -0.25) is 9.59 Å². The fourth-order valence-electron chi connectivity index (χ4n) is 3.39. The fraction of sp³-hybridized carbons (Fsp3) is 0.130. The molecule has 2 amide bonds. The molecule has 1 aliphatic heterocycles. The summed E-state index contributed by atoms with van der Waals surface area (Å²) in [6.07, 6.45) is 1.19. The average Bonchev–Trinajstić information content (AvgIpc) is 2.83. The van der Waals surface area contributed by atoms with Crippen molar-refractivity contribution in [3.05, 3.63) is 88.9 Å². The number of hydrogen-bond donors (Lipinski definition) is 2.